The zero-order valence-electron chi connectivity index (χ0n) is 18.9. The molecule has 174 valence electrons. The summed E-state index contributed by atoms with van der Waals surface area (Å²) in [5.41, 5.74) is 7.23. The molecule has 7 nitrogen and oxygen atoms in total. The van der Waals surface area contributed by atoms with Crippen LogP contribution in [0.15, 0.2) is 48.5 Å². The molecule has 1 fully saturated rings. The number of nitrogens with zero attached hydrogens (tertiary/aromatic N) is 2. The van der Waals surface area contributed by atoms with Crippen molar-refractivity contribution in [1.29, 1.82) is 0 Å². The monoisotopic (exact) mass is 459 g/mol. The fourth-order valence-electron chi connectivity index (χ4n) is 3.90. The SMILES string of the molecule is CCCCN(c1ccc(Oc2ccc(CN3CCC(C(N)=O)CC3)cc2)cc1)S(C)(=O)=O. The maximum atomic E-state index is 12.1. The van der Waals surface area contributed by atoms with E-state index in [4.69, 9.17) is 10.5 Å². The van der Waals surface area contributed by atoms with Gasteiger partial charge in [0.1, 0.15) is 11.5 Å². The molecule has 1 saturated heterocycles. The number of nitrogens with two attached hydrogens (primary N) is 1. The van der Waals surface area contributed by atoms with Crippen molar-refractivity contribution in [2.75, 3.05) is 30.2 Å². The lowest BCUT2D eigenvalue weighted by Gasteiger charge is -2.30. The lowest BCUT2D eigenvalue weighted by molar-refractivity contribution is -0.123. The number of carbonyl (C=O) groups excluding carboxylic acids is 1. The predicted octanol–water partition coefficient (Wildman–Crippen LogP) is 3.74. The van der Waals surface area contributed by atoms with Crippen LogP contribution in [0.3, 0.4) is 0 Å². The third-order valence-electron chi connectivity index (χ3n) is 5.79. The molecule has 0 saturated carbocycles. The van der Waals surface area contributed by atoms with E-state index in [9.17, 15) is 13.2 Å². The minimum atomic E-state index is -3.32. The number of hydrogen-bond donors (Lipinski definition) is 1. The Morgan fingerprint density at radius 2 is 1.62 bits per heavy atom. The van der Waals surface area contributed by atoms with Crippen molar-refractivity contribution >= 4 is 21.6 Å². The predicted molar refractivity (Wildman–Crippen MR) is 127 cm³/mol. The molecule has 8 heteroatoms. The molecule has 0 radical (unpaired) electrons. The van der Waals surface area contributed by atoms with Gasteiger partial charge in [-0.1, -0.05) is 25.5 Å². The number of amides is 1. The highest BCUT2D eigenvalue weighted by Gasteiger charge is 2.23. The van der Waals surface area contributed by atoms with E-state index in [-0.39, 0.29) is 11.8 Å². The first-order valence-electron chi connectivity index (χ1n) is 11.1. The van der Waals surface area contributed by atoms with Gasteiger partial charge in [-0.25, -0.2) is 8.42 Å². The maximum Gasteiger partial charge on any atom is 0.232 e. The first-order valence-corrected chi connectivity index (χ1v) is 13.0. The van der Waals surface area contributed by atoms with Gasteiger partial charge in [-0.2, -0.15) is 0 Å². The van der Waals surface area contributed by atoms with Crippen molar-refractivity contribution in [3.63, 3.8) is 0 Å². The average molecular weight is 460 g/mol. The van der Waals surface area contributed by atoms with Crippen LogP contribution in [0, 0.1) is 5.92 Å². The molecular formula is C24H33N3O4S. The number of primary amides is 1. The molecule has 1 heterocycles. The van der Waals surface area contributed by atoms with Crippen LogP contribution in [-0.4, -0.2) is 45.1 Å². The summed E-state index contributed by atoms with van der Waals surface area (Å²) in [6.45, 7) is 5.09. The molecule has 3 rings (SSSR count). The fraction of sp³-hybridized carbons (Fsp3) is 0.458. The van der Waals surface area contributed by atoms with Crippen LogP contribution in [0.5, 0.6) is 11.5 Å². The Kier molecular flexibility index (Phi) is 8.15. The van der Waals surface area contributed by atoms with Gasteiger partial charge in [-0.15, -0.1) is 0 Å². The van der Waals surface area contributed by atoms with Crippen molar-refractivity contribution < 1.29 is 17.9 Å². The quantitative estimate of drug-likeness (QED) is 0.584. The van der Waals surface area contributed by atoms with Crippen molar-refractivity contribution in [2.24, 2.45) is 11.7 Å². The number of hydrogen-bond acceptors (Lipinski definition) is 5. The topological polar surface area (TPSA) is 92.9 Å². The van der Waals surface area contributed by atoms with E-state index in [0.29, 0.717) is 18.0 Å². The second kappa shape index (κ2) is 10.8. The van der Waals surface area contributed by atoms with Gasteiger partial charge in [0, 0.05) is 19.0 Å². The van der Waals surface area contributed by atoms with Crippen molar-refractivity contribution in [3.05, 3.63) is 54.1 Å². The average Bonchev–Trinajstić information content (AvgIpc) is 2.76. The Morgan fingerprint density at radius 1 is 1.06 bits per heavy atom. The molecular weight excluding hydrogens is 426 g/mol. The molecule has 1 aliphatic rings. The smallest absolute Gasteiger partial charge is 0.232 e. The molecule has 2 aromatic rings. The molecule has 0 spiro atoms. The maximum absolute atomic E-state index is 12.1. The van der Waals surface area contributed by atoms with Crippen LogP contribution in [0.4, 0.5) is 5.69 Å². The zero-order valence-corrected chi connectivity index (χ0v) is 19.7. The second-order valence-corrected chi connectivity index (χ2v) is 10.3. The number of carbonyl (C=O) groups is 1. The largest absolute Gasteiger partial charge is 0.457 e. The standard InChI is InChI=1S/C24H33N3O4S/c1-3-4-15-27(32(2,29)30)21-7-11-23(12-8-21)31-22-9-5-19(6-10-22)18-26-16-13-20(14-17-26)24(25)28/h5-12,20H,3-4,13-18H2,1-2H3,(H2,25,28). The Balaban J connectivity index is 1.57. The summed E-state index contributed by atoms with van der Waals surface area (Å²) in [7, 11) is -3.32. The number of likely N-dealkylation sites (tertiary alicyclic amines) is 1. The highest BCUT2D eigenvalue weighted by molar-refractivity contribution is 7.92. The molecule has 0 unspecified atom stereocenters. The molecule has 1 amide bonds. The van der Waals surface area contributed by atoms with Gasteiger partial charge < -0.3 is 10.5 Å². The van der Waals surface area contributed by atoms with E-state index in [1.807, 2.05) is 31.2 Å². The van der Waals surface area contributed by atoms with Gasteiger partial charge in [0.05, 0.1) is 11.9 Å². The number of unbranched alkanes of at least 4 members (excludes halogenated alkanes) is 1. The fourth-order valence-corrected chi connectivity index (χ4v) is 4.87. The van der Waals surface area contributed by atoms with Gasteiger partial charge in [-0.05, 0) is 74.3 Å². The number of piperidine rings is 1. The summed E-state index contributed by atoms with van der Waals surface area (Å²) in [6, 6.07) is 15.1. The van der Waals surface area contributed by atoms with E-state index >= 15 is 0 Å². The lowest BCUT2D eigenvalue weighted by Crippen LogP contribution is -2.38. The minimum absolute atomic E-state index is 0.00423. The normalized spacial score (nSPS) is 15.4. The van der Waals surface area contributed by atoms with E-state index < -0.39 is 10.0 Å². The third kappa shape index (κ3) is 6.71. The third-order valence-corrected chi connectivity index (χ3v) is 6.99. The van der Waals surface area contributed by atoms with Crippen molar-refractivity contribution in [1.82, 2.24) is 4.90 Å². The van der Waals surface area contributed by atoms with E-state index in [0.717, 1.165) is 51.1 Å². The Morgan fingerprint density at radius 3 is 2.12 bits per heavy atom. The van der Waals surface area contributed by atoms with Crippen LogP contribution >= 0.6 is 0 Å². The first kappa shape index (κ1) is 24.1. The van der Waals surface area contributed by atoms with E-state index in [2.05, 4.69) is 4.90 Å². The number of benzene rings is 2. The summed E-state index contributed by atoms with van der Waals surface area (Å²) < 4.78 is 31.6. The summed E-state index contributed by atoms with van der Waals surface area (Å²) in [5.74, 6) is 1.19. The van der Waals surface area contributed by atoms with Gasteiger partial charge in [0.25, 0.3) is 0 Å². The summed E-state index contributed by atoms with van der Waals surface area (Å²) >= 11 is 0. The molecule has 2 aromatic carbocycles. The number of ether oxygens (including phenoxy) is 1. The second-order valence-electron chi connectivity index (χ2n) is 8.38. The summed E-state index contributed by atoms with van der Waals surface area (Å²) in [6.07, 6.45) is 4.60. The highest BCUT2D eigenvalue weighted by Crippen LogP contribution is 2.27. The van der Waals surface area contributed by atoms with Crippen molar-refractivity contribution in [3.8, 4) is 11.5 Å². The molecule has 0 bridgehead atoms. The van der Waals surface area contributed by atoms with Gasteiger partial charge in [0.2, 0.25) is 15.9 Å². The molecule has 1 aliphatic heterocycles. The lowest BCUT2D eigenvalue weighted by atomic mass is 9.96. The number of rotatable bonds is 10. The Hall–Kier alpha value is -2.58. The van der Waals surface area contributed by atoms with Crippen LogP contribution in [-0.2, 0) is 21.4 Å². The number of sulfonamides is 1. The molecule has 0 atom stereocenters. The minimum Gasteiger partial charge on any atom is -0.457 e. The highest BCUT2D eigenvalue weighted by atomic mass is 32.2. The van der Waals surface area contributed by atoms with Crippen LogP contribution in [0.25, 0.3) is 0 Å². The van der Waals surface area contributed by atoms with Gasteiger partial charge >= 0.3 is 0 Å². The molecule has 2 N–H and O–H groups in total. The van der Waals surface area contributed by atoms with E-state index in [1.165, 1.54) is 16.1 Å². The number of anilines is 1. The van der Waals surface area contributed by atoms with Gasteiger partial charge in [-0.3, -0.25) is 14.0 Å². The summed E-state index contributed by atoms with van der Waals surface area (Å²) in [5, 5.41) is 0. The van der Waals surface area contributed by atoms with Crippen LogP contribution < -0.4 is 14.8 Å². The van der Waals surface area contributed by atoms with Gasteiger partial charge in [0.15, 0.2) is 0 Å². The Bertz CT molecular complexity index is 983. The van der Waals surface area contributed by atoms with Crippen LogP contribution in [0.2, 0.25) is 0 Å². The Labute approximate surface area is 191 Å². The molecule has 0 aromatic heterocycles. The first-order chi connectivity index (χ1) is 15.3. The molecule has 32 heavy (non-hydrogen) atoms. The summed E-state index contributed by atoms with van der Waals surface area (Å²) in [4.78, 5) is 13.6. The molecule has 0 aliphatic carbocycles. The zero-order chi connectivity index (χ0) is 23.1. The van der Waals surface area contributed by atoms with Crippen molar-refractivity contribution in [2.45, 2.75) is 39.2 Å². The van der Waals surface area contributed by atoms with E-state index in [1.54, 1.807) is 24.3 Å². The van der Waals surface area contributed by atoms with Crippen LogP contribution in [0.1, 0.15) is 38.2 Å².